The molecule has 0 unspecified atom stereocenters. The minimum absolute atomic E-state index is 0.149. The molecule has 0 saturated heterocycles. The van der Waals surface area contributed by atoms with Crippen LogP contribution in [0.2, 0.25) is 0 Å². The summed E-state index contributed by atoms with van der Waals surface area (Å²) in [6.07, 6.45) is 0.979. The lowest BCUT2D eigenvalue weighted by atomic mass is 10.0. The van der Waals surface area contributed by atoms with Gasteiger partial charge < -0.3 is 4.90 Å². The van der Waals surface area contributed by atoms with E-state index < -0.39 is 21.3 Å². The van der Waals surface area contributed by atoms with Crippen LogP contribution in [0.5, 0.6) is 0 Å². The lowest BCUT2D eigenvalue weighted by molar-refractivity contribution is 0.601. The first-order chi connectivity index (χ1) is 19.1. The summed E-state index contributed by atoms with van der Waals surface area (Å²) in [5, 5.41) is 2.21. The number of nitrogens with zero attached hydrogens (tertiary/aromatic N) is 3. The fraction of sp³-hybridized carbons (Fsp3) is 0.226. The molecule has 4 aromatic carbocycles. The van der Waals surface area contributed by atoms with Crippen LogP contribution in [-0.4, -0.2) is 31.6 Å². The summed E-state index contributed by atoms with van der Waals surface area (Å²) >= 11 is 0. The molecule has 1 aromatic heterocycles. The van der Waals surface area contributed by atoms with Crippen LogP contribution < -0.4 is 20.9 Å². The molecule has 0 aliphatic carbocycles. The van der Waals surface area contributed by atoms with E-state index in [2.05, 4.69) is 4.72 Å². The Morgan fingerprint density at radius 3 is 2.15 bits per heavy atom. The smallest absolute Gasteiger partial charge is 0.335 e. The van der Waals surface area contributed by atoms with Crippen LogP contribution in [0.3, 0.4) is 0 Å². The molecule has 206 valence electrons. The van der Waals surface area contributed by atoms with Gasteiger partial charge in [-0.15, -0.1) is 0 Å². The molecule has 0 fully saturated rings. The van der Waals surface area contributed by atoms with Crippen molar-refractivity contribution < 1.29 is 8.42 Å². The second-order valence-electron chi connectivity index (χ2n) is 10.0. The molecular formula is C31H32N4O4S. The monoisotopic (exact) mass is 556 g/mol. The second-order valence-corrected chi connectivity index (χ2v) is 11.7. The topological polar surface area (TPSA) is 93.4 Å². The standard InChI is InChI=1S/C31H32N4O4S/c1-6-20-17-23(32-40(38,39)24-15-16-25-22(19-24)11-10-14-27(25)33(3)4)18-21(7-2)29(20)35-30(36)26-12-8-9-13-28(26)34(5)31(35)37/h8-19,32H,6-7H2,1-5H3. The van der Waals surface area contributed by atoms with Crippen LogP contribution >= 0.6 is 0 Å². The molecule has 1 heterocycles. The number of nitrogens with one attached hydrogen (secondary N) is 1. The third-order valence-corrected chi connectivity index (χ3v) is 8.68. The molecule has 1 N–H and O–H groups in total. The van der Waals surface area contributed by atoms with Gasteiger partial charge in [0.25, 0.3) is 15.6 Å². The van der Waals surface area contributed by atoms with E-state index in [0.717, 1.165) is 16.5 Å². The first kappa shape index (κ1) is 27.2. The highest BCUT2D eigenvalue weighted by molar-refractivity contribution is 7.92. The third-order valence-electron chi connectivity index (χ3n) is 7.30. The summed E-state index contributed by atoms with van der Waals surface area (Å²) in [7, 11) is 1.62. The molecule has 0 aliphatic rings. The molecule has 0 atom stereocenters. The van der Waals surface area contributed by atoms with Gasteiger partial charge in [-0.3, -0.25) is 14.1 Å². The van der Waals surface area contributed by atoms with Crippen LogP contribution in [0.15, 0.2) is 87.3 Å². The number of fused-ring (bicyclic) bond motifs is 2. The van der Waals surface area contributed by atoms with Crippen LogP contribution in [-0.2, 0) is 29.9 Å². The highest BCUT2D eigenvalue weighted by Crippen LogP contribution is 2.30. The van der Waals surface area contributed by atoms with E-state index >= 15 is 0 Å². The van der Waals surface area contributed by atoms with Gasteiger partial charge >= 0.3 is 5.69 Å². The van der Waals surface area contributed by atoms with Crippen molar-refractivity contribution in [3.05, 3.63) is 105 Å². The van der Waals surface area contributed by atoms with Crippen molar-refractivity contribution in [2.24, 2.45) is 7.05 Å². The number of sulfonamides is 1. The predicted octanol–water partition coefficient (Wildman–Crippen LogP) is 4.83. The molecule has 0 aliphatic heterocycles. The summed E-state index contributed by atoms with van der Waals surface area (Å²) in [6.45, 7) is 3.83. The lowest BCUT2D eigenvalue weighted by Crippen LogP contribution is -2.39. The summed E-state index contributed by atoms with van der Waals surface area (Å²) < 4.78 is 32.4. The van der Waals surface area contributed by atoms with Crippen LogP contribution in [0.1, 0.15) is 25.0 Å². The van der Waals surface area contributed by atoms with E-state index in [1.165, 1.54) is 9.13 Å². The zero-order valence-electron chi connectivity index (χ0n) is 23.2. The molecule has 0 radical (unpaired) electrons. The Hall–Kier alpha value is -4.37. The number of aromatic nitrogens is 2. The maximum Gasteiger partial charge on any atom is 0.335 e. The minimum Gasteiger partial charge on any atom is -0.377 e. The average molecular weight is 557 g/mol. The van der Waals surface area contributed by atoms with Gasteiger partial charge in [0.2, 0.25) is 0 Å². The normalized spacial score (nSPS) is 11.7. The van der Waals surface area contributed by atoms with Crippen molar-refractivity contribution in [2.75, 3.05) is 23.7 Å². The number of hydrogen-bond donors (Lipinski definition) is 1. The lowest BCUT2D eigenvalue weighted by Gasteiger charge is -2.19. The number of benzene rings is 4. The number of anilines is 2. The molecule has 5 aromatic rings. The molecule has 0 spiro atoms. The molecule has 0 bridgehead atoms. The van der Waals surface area contributed by atoms with Gasteiger partial charge in [-0.05, 0) is 71.8 Å². The molecule has 40 heavy (non-hydrogen) atoms. The van der Waals surface area contributed by atoms with Gasteiger partial charge in [0.15, 0.2) is 0 Å². The molecule has 8 nitrogen and oxygen atoms in total. The zero-order valence-corrected chi connectivity index (χ0v) is 24.0. The Balaban J connectivity index is 1.62. The maximum atomic E-state index is 13.5. The number of hydrogen-bond acceptors (Lipinski definition) is 5. The van der Waals surface area contributed by atoms with Gasteiger partial charge in [0.1, 0.15) is 0 Å². The predicted molar refractivity (Wildman–Crippen MR) is 163 cm³/mol. The third kappa shape index (κ3) is 4.56. The molecule has 0 amide bonds. The van der Waals surface area contributed by atoms with E-state index in [9.17, 15) is 18.0 Å². The summed E-state index contributed by atoms with van der Waals surface area (Å²) in [4.78, 5) is 29.1. The Labute approximate surface area is 233 Å². The van der Waals surface area contributed by atoms with E-state index in [-0.39, 0.29) is 4.90 Å². The zero-order chi connectivity index (χ0) is 28.8. The van der Waals surface area contributed by atoms with Crippen molar-refractivity contribution in [3.8, 4) is 5.69 Å². The van der Waals surface area contributed by atoms with Gasteiger partial charge in [-0.25, -0.2) is 17.8 Å². The average Bonchev–Trinajstić information content (AvgIpc) is 2.95. The summed E-state index contributed by atoms with van der Waals surface area (Å²) in [6, 6.07) is 21.3. The van der Waals surface area contributed by atoms with Crippen LogP contribution in [0, 0.1) is 0 Å². The van der Waals surface area contributed by atoms with Crippen molar-refractivity contribution >= 4 is 43.1 Å². The van der Waals surface area contributed by atoms with Crippen molar-refractivity contribution in [3.63, 3.8) is 0 Å². The van der Waals surface area contributed by atoms with Crippen molar-refractivity contribution in [1.82, 2.24) is 9.13 Å². The molecule has 9 heteroatoms. The fourth-order valence-corrected chi connectivity index (χ4v) is 6.34. The van der Waals surface area contributed by atoms with Crippen LogP contribution in [0.4, 0.5) is 11.4 Å². The highest BCUT2D eigenvalue weighted by Gasteiger charge is 2.21. The number of aryl methyl sites for hydroxylation is 3. The maximum absolute atomic E-state index is 13.5. The van der Waals surface area contributed by atoms with E-state index in [1.54, 1.807) is 55.6 Å². The highest BCUT2D eigenvalue weighted by atomic mass is 32.2. The first-order valence-corrected chi connectivity index (χ1v) is 14.7. The Bertz CT molecular complexity index is 1980. The number of para-hydroxylation sites is 1. The van der Waals surface area contributed by atoms with E-state index in [4.69, 9.17) is 0 Å². The summed E-state index contributed by atoms with van der Waals surface area (Å²) in [5.74, 6) is 0. The summed E-state index contributed by atoms with van der Waals surface area (Å²) in [5.41, 5.74) is 2.99. The van der Waals surface area contributed by atoms with Gasteiger partial charge in [0, 0.05) is 37.9 Å². The Kier molecular flexibility index (Phi) is 7.01. The van der Waals surface area contributed by atoms with Crippen molar-refractivity contribution in [1.29, 1.82) is 0 Å². The van der Waals surface area contributed by atoms with E-state index in [1.807, 2.05) is 57.1 Å². The van der Waals surface area contributed by atoms with Gasteiger partial charge in [-0.2, -0.15) is 0 Å². The molecular weight excluding hydrogens is 524 g/mol. The first-order valence-electron chi connectivity index (χ1n) is 13.2. The van der Waals surface area contributed by atoms with Crippen molar-refractivity contribution in [2.45, 2.75) is 31.6 Å². The number of rotatable bonds is 7. The van der Waals surface area contributed by atoms with Crippen LogP contribution in [0.25, 0.3) is 27.4 Å². The second kappa shape index (κ2) is 10.3. The minimum atomic E-state index is -3.92. The van der Waals surface area contributed by atoms with Gasteiger partial charge in [0.05, 0.1) is 21.5 Å². The molecule has 5 rings (SSSR count). The Morgan fingerprint density at radius 1 is 0.825 bits per heavy atom. The quantitative estimate of drug-likeness (QED) is 0.310. The SMILES string of the molecule is CCc1cc(NS(=O)(=O)c2ccc3c(N(C)C)cccc3c2)cc(CC)c1-n1c(=O)c2ccccc2n(C)c1=O. The Morgan fingerprint density at radius 2 is 1.50 bits per heavy atom. The largest absolute Gasteiger partial charge is 0.377 e. The van der Waals surface area contributed by atoms with Gasteiger partial charge in [-0.1, -0.05) is 44.2 Å². The fourth-order valence-electron chi connectivity index (χ4n) is 5.27. The molecule has 0 saturated carbocycles. The van der Waals surface area contributed by atoms with E-state index in [0.29, 0.717) is 46.2 Å².